The van der Waals surface area contributed by atoms with Gasteiger partial charge in [0.05, 0.1) is 12.2 Å². The number of aliphatic carboxylic acids is 1. The molecule has 17 heavy (non-hydrogen) atoms. The van der Waals surface area contributed by atoms with Crippen LogP contribution in [0.1, 0.15) is 36.6 Å². The van der Waals surface area contributed by atoms with E-state index in [1.165, 1.54) is 0 Å². The first-order valence-electron chi connectivity index (χ1n) is 6.01. The number of rotatable bonds is 4. The molecule has 0 saturated carbocycles. The van der Waals surface area contributed by atoms with Crippen molar-refractivity contribution in [2.24, 2.45) is 0 Å². The summed E-state index contributed by atoms with van der Waals surface area (Å²) in [6.45, 7) is 3.59. The topological polar surface area (TPSA) is 64.3 Å². The van der Waals surface area contributed by atoms with Crippen molar-refractivity contribution in [1.82, 2.24) is 9.78 Å². The van der Waals surface area contributed by atoms with Crippen LogP contribution in [-0.2, 0) is 16.0 Å². The summed E-state index contributed by atoms with van der Waals surface area (Å²) in [7, 11) is 0. The van der Waals surface area contributed by atoms with E-state index in [1.54, 1.807) is 6.20 Å². The summed E-state index contributed by atoms with van der Waals surface area (Å²) in [5.41, 5.74) is 2.14. The molecule has 0 spiro atoms. The van der Waals surface area contributed by atoms with Crippen molar-refractivity contribution in [3.63, 3.8) is 0 Å². The normalized spacial score (nSPS) is 17.2. The first kappa shape index (κ1) is 12.1. The van der Waals surface area contributed by atoms with E-state index in [0.717, 1.165) is 37.3 Å². The van der Waals surface area contributed by atoms with Gasteiger partial charge >= 0.3 is 5.97 Å². The molecule has 1 fully saturated rings. The van der Waals surface area contributed by atoms with Crippen LogP contribution in [0.4, 0.5) is 0 Å². The SMILES string of the molecule is Cc1c(CCC(=O)O)cnn1C1CCOCC1. The zero-order chi connectivity index (χ0) is 12.3. The molecule has 2 heterocycles. The second-order valence-electron chi connectivity index (χ2n) is 4.44. The average molecular weight is 238 g/mol. The number of carbonyl (C=O) groups is 1. The molecule has 1 aliphatic rings. The molecule has 1 saturated heterocycles. The number of carboxylic acid groups (broad SMARTS) is 1. The standard InChI is InChI=1S/C12H18N2O3/c1-9-10(2-3-12(15)16)8-13-14(9)11-4-6-17-7-5-11/h8,11H,2-7H2,1H3,(H,15,16). The Morgan fingerprint density at radius 3 is 2.94 bits per heavy atom. The number of nitrogens with zero attached hydrogens (tertiary/aromatic N) is 2. The van der Waals surface area contributed by atoms with Crippen LogP contribution >= 0.6 is 0 Å². The van der Waals surface area contributed by atoms with Gasteiger partial charge in [-0.15, -0.1) is 0 Å². The van der Waals surface area contributed by atoms with Gasteiger partial charge < -0.3 is 9.84 Å². The summed E-state index contributed by atoms with van der Waals surface area (Å²) in [4.78, 5) is 10.5. The Labute approximate surface area is 100 Å². The van der Waals surface area contributed by atoms with E-state index in [4.69, 9.17) is 9.84 Å². The van der Waals surface area contributed by atoms with Gasteiger partial charge in [-0.05, 0) is 31.7 Å². The molecule has 2 rings (SSSR count). The fraction of sp³-hybridized carbons (Fsp3) is 0.667. The van der Waals surface area contributed by atoms with Crippen LogP contribution in [0.25, 0.3) is 0 Å². The first-order chi connectivity index (χ1) is 8.18. The summed E-state index contributed by atoms with van der Waals surface area (Å²) in [5, 5.41) is 13.1. The van der Waals surface area contributed by atoms with Crippen molar-refractivity contribution in [2.75, 3.05) is 13.2 Å². The van der Waals surface area contributed by atoms with E-state index in [0.29, 0.717) is 12.5 Å². The van der Waals surface area contributed by atoms with Crippen LogP contribution in [0.5, 0.6) is 0 Å². The minimum Gasteiger partial charge on any atom is -0.481 e. The van der Waals surface area contributed by atoms with Gasteiger partial charge in [-0.2, -0.15) is 5.10 Å². The fourth-order valence-electron chi connectivity index (χ4n) is 2.24. The van der Waals surface area contributed by atoms with Crippen molar-refractivity contribution < 1.29 is 14.6 Å². The van der Waals surface area contributed by atoms with Crippen molar-refractivity contribution >= 4 is 5.97 Å². The largest absolute Gasteiger partial charge is 0.481 e. The van der Waals surface area contributed by atoms with Crippen molar-refractivity contribution in [2.45, 2.75) is 38.6 Å². The van der Waals surface area contributed by atoms with E-state index in [-0.39, 0.29) is 6.42 Å². The predicted octanol–water partition coefficient (Wildman–Crippen LogP) is 1.56. The van der Waals surface area contributed by atoms with Gasteiger partial charge in [-0.1, -0.05) is 0 Å². The smallest absolute Gasteiger partial charge is 0.303 e. The van der Waals surface area contributed by atoms with Crippen LogP contribution in [0.15, 0.2) is 6.20 Å². The Morgan fingerprint density at radius 2 is 2.29 bits per heavy atom. The lowest BCUT2D eigenvalue weighted by atomic mass is 10.1. The zero-order valence-corrected chi connectivity index (χ0v) is 10.1. The number of aromatic nitrogens is 2. The van der Waals surface area contributed by atoms with Gasteiger partial charge in [0.1, 0.15) is 0 Å². The van der Waals surface area contributed by atoms with Gasteiger partial charge in [-0.3, -0.25) is 9.48 Å². The quantitative estimate of drug-likeness (QED) is 0.864. The van der Waals surface area contributed by atoms with E-state index >= 15 is 0 Å². The highest BCUT2D eigenvalue weighted by atomic mass is 16.5. The van der Waals surface area contributed by atoms with Crippen LogP contribution in [0, 0.1) is 6.92 Å². The Bertz CT molecular complexity index is 394. The molecule has 0 radical (unpaired) electrons. The molecule has 0 bridgehead atoms. The third kappa shape index (κ3) is 2.85. The molecular weight excluding hydrogens is 220 g/mol. The Hall–Kier alpha value is -1.36. The fourth-order valence-corrected chi connectivity index (χ4v) is 2.24. The van der Waals surface area contributed by atoms with E-state index in [2.05, 4.69) is 5.10 Å². The molecule has 1 aromatic heterocycles. The maximum absolute atomic E-state index is 10.5. The summed E-state index contributed by atoms with van der Waals surface area (Å²) >= 11 is 0. The van der Waals surface area contributed by atoms with Crippen LogP contribution < -0.4 is 0 Å². The number of hydrogen-bond donors (Lipinski definition) is 1. The van der Waals surface area contributed by atoms with Crippen LogP contribution in [-0.4, -0.2) is 34.1 Å². The maximum Gasteiger partial charge on any atom is 0.303 e. The predicted molar refractivity (Wildman–Crippen MR) is 62.0 cm³/mol. The average Bonchev–Trinajstić information content (AvgIpc) is 2.69. The minimum absolute atomic E-state index is 0.167. The highest BCUT2D eigenvalue weighted by Crippen LogP contribution is 2.23. The summed E-state index contributed by atoms with van der Waals surface area (Å²) in [5.74, 6) is -0.761. The zero-order valence-electron chi connectivity index (χ0n) is 10.1. The Kier molecular flexibility index (Phi) is 3.78. The van der Waals surface area contributed by atoms with Gasteiger partial charge in [0.2, 0.25) is 0 Å². The highest BCUT2D eigenvalue weighted by molar-refractivity contribution is 5.67. The van der Waals surface area contributed by atoms with E-state index in [1.807, 2.05) is 11.6 Å². The molecule has 1 aromatic rings. The lowest BCUT2D eigenvalue weighted by Gasteiger charge is -2.23. The minimum atomic E-state index is -0.761. The number of ether oxygens (including phenoxy) is 1. The second-order valence-corrected chi connectivity index (χ2v) is 4.44. The molecule has 1 N–H and O–H groups in total. The third-order valence-electron chi connectivity index (χ3n) is 3.29. The molecular formula is C12H18N2O3. The van der Waals surface area contributed by atoms with E-state index in [9.17, 15) is 4.79 Å². The lowest BCUT2D eigenvalue weighted by Crippen LogP contribution is -2.21. The first-order valence-corrected chi connectivity index (χ1v) is 6.01. The molecule has 0 aliphatic carbocycles. The monoisotopic (exact) mass is 238 g/mol. The molecule has 0 aromatic carbocycles. The summed E-state index contributed by atoms with van der Waals surface area (Å²) in [6, 6.07) is 0.405. The van der Waals surface area contributed by atoms with Gasteiger partial charge in [0.25, 0.3) is 0 Å². The van der Waals surface area contributed by atoms with Crippen LogP contribution in [0.3, 0.4) is 0 Å². The summed E-state index contributed by atoms with van der Waals surface area (Å²) in [6.07, 6.45) is 4.50. The van der Waals surface area contributed by atoms with Crippen molar-refractivity contribution in [3.8, 4) is 0 Å². The number of aryl methyl sites for hydroxylation is 1. The Balaban J connectivity index is 2.05. The molecule has 0 amide bonds. The van der Waals surface area contributed by atoms with Crippen LogP contribution in [0.2, 0.25) is 0 Å². The van der Waals surface area contributed by atoms with Crippen molar-refractivity contribution in [1.29, 1.82) is 0 Å². The lowest BCUT2D eigenvalue weighted by molar-refractivity contribution is -0.136. The third-order valence-corrected chi connectivity index (χ3v) is 3.29. The van der Waals surface area contributed by atoms with E-state index < -0.39 is 5.97 Å². The molecule has 5 nitrogen and oxygen atoms in total. The number of hydrogen-bond acceptors (Lipinski definition) is 3. The summed E-state index contributed by atoms with van der Waals surface area (Å²) < 4.78 is 7.36. The molecule has 0 atom stereocenters. The molecule has 0 unspecified atom stereocenters. The number of carboxylic acids is 1. The molecule has 5 heteroatoms. The Morgan fingerprint density at radius 1 is 1.59 bits per heavy atom. The van der Waals surface area contributed by atoms with Gasteiger partial charge in [0, 0.05) is 25.3 Å². The second kappa shape index (κ2) is 5.31. The molecule has 1 aliphatic heterocycles. The maximum atomic E-state index is 10.5. The van der Waals surface area contributed by atoms with Gasteiger partial charge in [-0.25, -0.2) is 0 Å². The molecule has 94 valence electrons. The highest BCUT2D eigenvalue weighted by Gasteiger charge is 2.19. The van der Waals surface area contributed by atoms with Crippen molar-refractivity contribution in [3.05, 3.63) is 17.5 Å². The van der Waals surface area contributed by atoms with Gasteiger partial charge in [0.15, 0.2) is 0 Å².